The number of para-hydroxylation sites is 1. The van der Waals surface area contributed by atoms with Crippen LogP contribution in [0.4, 0.5) is 0 Å². The van der Waals surface area contributed by atoms with Gasteiger partial charge in [-0.1, -0.05) is 48.0 Å². The van der Waals surface area contributed by atoms with E-state index in [1.807, 2.05) is 89.2 Å². The van der Waals surface area contributed by atoms with Gasteiger partial charge in [-0.3, -0.25) is 0 Å². The third kappa shape index (κ3) is 6.16. The first kappa shape index (κ1) is 26.3. The van der Waals surface area contributed by atoms with Gasteiger partial charge >= 0.3 is 11.3 Å². The van der Waals surface area contributed by atoms with Gasteiger partial charge in [0.15, 0.2) is 0 Å². The molecule has 0 amide bonds. The first-order valence-electron chi connectivity index (χ1n) is 11.6. The number of benzene rings is 3. The zero-order valence-electron chi connectivity index (χ0n) is 21.2. The van der Waals surface area contributed by atoms with Gasteiger partial charge in [-0.25, -0.2) is 14.6 Å². The highest BCUT2D eigenvalue weighted by Gasteiger charge is 2.08. The van der Waals surface area contributed by atoms with Crippen LogP contribution in [0.2, 0.25) is 5.02 Å². The second-order valence-electron chi connectivity index (χ2n) is 8.78. The van der Waals surface area contributed by atoms with Crippen LogP contribution in [0.3, 0.4) is 0 Å². The number of rotatable bonds is 0. The summed E-state index contributed by atoms with van der Waals surface area (Å²) in [6.07, 6.45) is 0. The maximum Gasteiger partial charge on any atom is 0.355 e. The quantitative estimate of drug-likeness (QED) is 0.185. The van der Waals surface area contributed by atoms with Crippen LogP contribution >= 0.6 is 22.9 Å². The highest BCUT2D eigenvalue weighted by Crippen LogP contribution is 2.23. The summed E-state index contributed by atoms with van der Waals surface area (Å²) in [5, 5.41) is 3.20. The molecule has 3 aromatic carbocycles. The van der Waals surface area contributed by atoms with Crippen molar-refractivity contribution < 1.29 is 8.83 Å². The average molecular weight is 532 g/mol. The van der Waals surface area contributed by atoms with Crippen molar-refractivity contribution in [1.82, 2.24) is 4.98 Å². The molecule has 0 atom stereocenters. The van der Waals surface area contributed by atoms with Crippen LogP contribution in [0.5, 0.6) is 0 Å². The maximum absolute atomic E-state index is 11.3. The Morgan fingerprint density at radius 2 is 1.38 bits per heavy atom. The van der Waals surface area contributed by atoms with Crippen LogP contribution < -0.4 is 11.3 Å². The van der Waals surface area contributed by atoms with E-state index < -0.39 is 5.63 Å². The summed E-state index contributed by atoms with van der Waals surface area (Å²) < 4.78 is 11.4. The lowest BCUT2D eigenvalue weighted by atomic mass is 10.1. The summed E-state index contributed by atoms with van der Waals surface area (Å²) in [7, 11) is 0. The third-order valence-electron chi connectivity index (χ3n) is 5.76. The Hall–Kier alpha value is -3.74. The smallest absolute Gasteiger partial charge is 0.355 e. The highest BCUT2D eigenvalue weighted by molar-refractivity contribution is 7.18. The Balaban J connectivity index is 0.000000131. The van der Waals surface area contributed by atoms with Crippen molar-refractivity contribution in [3.05, 3.63) is 120 Å². The zero-order valence-corrected chi connectivity index (χ0v) is 22.8. The van der Waals surface area contributed by atoms with Gasteiger partial charge in [-0.2, -0.15) is 0 Å². The minimum atomic E-state index is -0.470. The molecule has 0 aliphatic rings. The molecule has 0 N–H and O–H groups in total. The van der Waals surface area contributed by atoms with Crippen molar-refractivity contribution >= 4 is 55.1 Å². The number of aromatic nitrogens is 1. The minimum absolute atomic E-state index is 0.168. The molecule has 6 rings (SSSR count). The van der Waals surface area contributed by atoms with Crippen LogP contribution in [0, 0.1) is 34.6 Å². The largest absolute Gasteiger partial charge is 0.423 e. The number of thiazole rings is 1. The molecule has 0 saturated heterocycles. The Bertz CT molecular complexity index is 1820. The Morgan fingerprint density at radius 3 is 2.05 bits per heavy atom. The summed E-state index contributed by atoms with van der Waals surface area (Å²) >= 11 is 7.53. The monoisotopic (exact) mass is 531 g/mol. The lowest BCUT2D eigenvalue weighted by Crippen LogP contribution is -2.01. The molecule has 3 aromatic heterocycles. The molecule has 0 aliphatic heterocycles. The maximum atomic E-state index is 11.3. The summed E-state index contributed by atoms with van der Waals surface area (Å²) in [4.78, 5) is 26.6. The van der Waals surface area contributed by atoms with E-state index in [0.29, 0.717) is 11.2 Å². The van der Waals surface area contributed by atoms with Crippen LogP contribution in [0.25, 0.3) is 32.2 Å². The van der Waals surface area contributed by atoms with E-state index in [1.54, 1.807) is 11.3 Å². The molecule has 5 nitrogen and oxygen atoms in total. The van der Waals surface area contributed by atoms with Gasteiger partial charge in [0.05, 0.1) is 15.2 Å². The average Bonchev–Trinajstić information content (AvgIpc) is 3.23. The molecule has 0 saturated carbocycles. The van der Waals surface area contributed by atoms with Crippen molar-refractivity contribution in [2.24, 2.45) is 0 Å². The van der Waals surface area contributed by atoms with Gasteiger partial charge in [-0.05, 0) is 81.1 Å². The van der Waals surface area contributed by atoms with E-state index in [9.17, 15) is 9.59 Å². The molecule has 7 heteroatoms. The van der Waals surface area contributed by atoms with Crippen LogP contribution in [-0.2, 0) is 0 Å². The van der Waals surface area contributed by atoms with Crippen LogP contribution in [-0.4, -0.2) is 4.98 Å². The fourth-order valence-electron chi connectivity index (χ4n) is 3.86. The van der Waals surface area contributed by atoms with E-state index in [-0.39, 0.29) is 10.6 Å². The lowest BCUT2D eigenvalue weighted by molar-refractivity contribution is 0.559. The van der Waals surface area contributed by atoms with E-state index in [2.05, 4.69) is 11.1 Å². The van der Waals surface area contributed by atoms with Gasteiger partial charge < -0.3 is 8.83 Å². The first-order chi connectivity index (χ1) is 17.6. The number of fused-ring (bicyclic) bond motifs is 3. The lowest BCUT2D eigenvalue weighted by Gasteiger charge is -2.02. The molecule has 188 valence electrons. The molecule has 3 heterocycles. The van der Waals surface area contributed by atoms with Gasteiger partial charge in [0.25, 0.3) is 0 Å². The standard InChI is InChI=1S/C11H9ClO2.C11H10O2.C8H7NS/c1-6-3-4-8-7(2)10(12)11(13)14-9(8)5-6;1-7-3-4-9-8(2)6-11(12)13-10(9)5-7;1-6-9-7-4-2-3-5-8(7)10-6/h3-5H,1-2H3;3-6H,1-2H3;2-5H,1H3. The topological polar surface area (TPSA) is 73.3 Å². The minimum Gasteiger partial charge on any atom is -0.423 e. The van der Waals surface area contributed by atoms with E-state index in [0.717, 1.165) is 43.6 Å². The molecule has 0 bridgehead atoms. The molecular formula is C30H26ClNO4S. The Kier molecular flexibility index (Phi) is 7.91. The summed E-state index contributed by atoms with van der Waals surface area (Å²) in [5.74, 6) is 0. The van der Waals surface area contributed by atoms with Gasteiger partial charge in [0.1, 0.15) is 16.2 Å². The molecule has 6 aromatic rings. The fourth-order valence-corrected chi connectivity index (χ4v) is 4.83. The molecular weight excluding hydrogens is 506 g/mol. The molecule has 0 aliphatic carbocycles. The van der Waals surface area contributed by atoms with Gasteiger partial charge in [-0.15, -0.1) is 11.3 Å². The summed E-state index contributed by atoms with van der Waals surface area (Å²) in [6.45, 7) is 9.68. The van der Waals surface area contributed by atoms with Crippen molar-refractivity contribution in [3.63, 3.8) is 0 Å². The third-order valence-corrected chi connectivity index (χ3v) is 7.15. The normalized spacial score (nSPS) is 10.6. The van der Waals surface area contributed by atoms with Crippen molar-refractivity contribution in [2.45, 2.75) is 34.6 Å². The first-order valence-corrected chi connectivity index (χ1v) is 12.8. The summed E-state index contributed by atoms with van der Waals surface area (Å²) in [5.41, 5.74) is 5.53. The van der Waals surface area contributed by atoms with E-state index in [1.165, 1.54) is 10.8 Å². The number of hydrogen-bond acceptors (Lipinski definition) is 6. The van der Waals surface area contributed by atoms with Crippen molar-refractivity contribution in [1.29, 1.82) is 0 Å². The molecule has 0 spiro atoms. The molecule has 37 heavy (non-hydrogen) atoms. The van der Waals surface area contributed by atoms with E-state index in [4.69, 9.17) is 20.4 Å². The van der Waals surface area contributed by atoms with Crippen molar-refractivity contribution in [2.75, 3.05) is 0 Å². The SMILES string of the molecule is Cc1ccc2c(C)c(Cl)c(=O)oc2c1.Cc1ccc2c(C)cc(=O)oc2c1.Cc1nc2ccccc2s1. The fraction of sp³-hybridized carbons (Fsp3) is 0.167. The summed E-state index contributed by atoms with van der Waals surface area (Å²) in [6, 6.07) is 21.3. The molecule has 0 unspecified atom stereocenters. The number of halogens is 1. The Morgan fingerprint density at radius 1 is 0.757 bits per heavy atom. The number of hydrogen-bond donors (Lipinski definition) is 0. The highest BCUT2D eigenvalue weighted by atomic mass is 35.5. The van der Waals surface area contributed by atoms with Crippen molar-refractivity contribution in [3.8, 4) is 0 Å². The van der Waals surface area contributed by atoms with Gasteiger partial charge in [0.2, 0.25) is 0 Å². The molecule has 0 fully saturated rings. The Labute approximate surface area is 223 Å². The molecule has 0 radical (unpaired) electrons. The van der Waals surface area contributed by atoms with Crippen LogP contribution in [0.15, 0.2) is 85.2 Å². The second-order valence-corrected chi connectivity index (χ2v) is 10.4. The van der Waals surface area contributed by atoms with E-state index >= 15 is 0 Å². The predicted octanol–water partition coefficient (Wildman–Crippen LogP) is 8.08. The second kappa shape index (κ2) is 11.1. The number of aryl methyl sites for hydroxylation is 5. The van der Waals surface area contributed by atoms with Crippen LogP contribution in [0.1, 0.15) is 27.3 Å². The zero-order chi connectivity index (χ0) is 26.7. The van der Waals surface area contributed by atoms with Gasteiger partial charge in [0, 0.05) is 16.8 Å². The number of nitrogens with zero attached hydrogens (tertiary/aromatic N) is 1. The predicted molar refractivity (Wildman–Crippen MR) is 153 cm³/mol.